The van der Waals surface area contributed by atoms with E-state index in [2.05, 4.69) is 5.48 Å². The van der Waals surface area contributed by atoms with Gasteiger partial charge in [0.25, 0.3) is 0 Å². The molecular formula is C14H15NO3S. The molecule has 2 aromatic carbocycles. The van der Waals surface area contributed by atoms with Crippen LogP contribution in [0.15, 0.2) is 48.5 Å². The SMILES string of the molecule is CS(=O)ONCc1ccc(-c2ccccc2)cc1O. The monoisotopic (exact) mass is 277 g/mol. The van der Waals surface area contributed by atoms with Crippen LogP contribution in [-0.4, -0.2) is 15.6 Å². The summed E-state index contributed by atoms with van der Waals surface area (Å²) in [5.74, 6) is 0.180. The summed E-state index contributed by atoms with van der Waals surface area (Å²) in [5, 5.41) is 9.95. The smallest absolute Gasteiger partial charge is 0.169 e. The lowest BCUT2D eigenvalue weighted by atomic mass is 10.0. The van der Waals surface area contributed by atoms with Crippen molar-refractivity contribution < 1.29 is 13.6 Å². The molecule has 0 aromatic heterocycles. The molecule has 0 aliphatic carbocycles. The van der Waals surface area contributed by atoms with Gasteiger partial charge >= 0.3 is 0 Å². The molecule has 0 aliphatic heterocycles. The molecule has 1 unspecified atom stereocenters. The number of aromatic hydroxyl groups is 1. The van der Waals surface area contributed by atoms with Crippen molar-refractivity contribution in [2.45, 2.75) is 6.54 Å². The second-order valence-corrected chi connectivity index (χ2v) is 4.98. The topological polar surface area (TPSA) is 58.6 Å². The van der Waals surface area contributed by atoms with Gasteiger partial charge in [-0.05, 0) is 17.2 Å². The van der Waals surface area contributed by atoms with Crippen LogP contribution in [0.4, 0.5) is 0 Å². The van der Waals surface area contributed by atoms with Gasteiger partial charge in [0.2, 0.25) is 0 Å². The Hall–Kier alpha value is -1.69. The van der Waals surface area contributed by atoms with Crippen LogP contribution in [0, 0.1) is 0 Å². The summed E-state index contributed by atoms with van der Waals surface area (Å²) in [5.41, 5.74) is 5.22. The number of phenols is 1. The fraction of sp³-hybridized carbons (Fsp3) is 0.143. The molecule has 0 saturated heterocycles. The lowest BCUT2D eigenvalue weighted by Crippen LogP contribution is -2.15. The van der Waals surface area contributed by atoms with Crippen molar-refractivity contribution in [2.75, 3.05) is 6.26 Å². The van der Waals surface area contributed by atoms with Crippen molar-refractivity contribution in [3.8, 4) is 16.9 Å². The van der Waals surface area contributed by atoms with Crippen LogP contribution < -0.4 is 5.48 Å². The van der Waals surface area contributed by atoms with Crippen molar-refractivity contribution in [3.63, 3.8) is 0 Å². The lowest BCUT2D eigenvalue weighted by molar-refractivity contribution is 0.216. The van der Waals surface area contributed by atoms with Gasteiger partial charge in [-0.3, -0.25) is 0 Å². The first-order valence-corrected chi connectivity index (χ1v) is 7.26. The summed E-state index contributed by atoms with van der Waals surface area (Å²) in [7, 11) is 0. The highest BCUT2D eigenvalue weighted by atomic mass is 32.2. The van der Waals surface area contributed by atoms with Crippen LogP contribution in [0.1, 0.15) is 5.56 Å². The highest BCUT2D eigenvalue weighted by molar-refractivity contribution is 7.79. The first-order valence-electron chi connectivity index (χ1n) is 5.78. The van der Waals surface area contributed by atoms with E-state index in [1.54, 1.807) is 6.07 Å². The quantitative estimate of drug-likeness (QED) is 0.824. The minimum absolute atomic E-state index is 0.180. The van der Waals surface area contributed by atoms with Gasteiger partial charge in [0.05, 0.1) is 6.54 Å². The van der Waals surface area contributed by atoms with Gasteiger partial charge in [-0.15, -0.1) is 0 Å². The first-order chi connectivity index (χ1) is 9.16. The zero-order valence-corrected chi connectivity index (χ0v) is 11.3. The van der Waals surface area contributed by atoms with E-state index < -0.39 is 11.1 Å². The number of phenolic OH excluding ortho intramolecular Hbond substituents is 1. The second-order valence-electron chi connectivity index (χ2n) is 4.02. The van der Waals surface area contributed by atoms with Gasteiger partial charge in [0, 0.05) is 11.8 Å². The maximum Gasteiger partial charge on any atom is 0.169 e. The maximum absolute atomic E-state index is 10.7. The van der Waals surface area contributed by atoms with E-state index in [0.717, 1.165) is 11.1 Å². The Balaban J connectivity index is 2.11. The minimum atomic E-state index is -1.37. The lowest BCUT2D eigenvalue weighted by Gasteiger charge is -2.08. The molecule has 4 nitrogen and oxygen atoms in total. The normalized spacial score (nSPS) is 12.3. The Morgan fingerprint density at radius 2 is 1.89 bits per heavy atom. The highest BCUT2D eigenvalue weighted by Gasteiger charge is 2.04. The van der Waals surface area contributed by atoms with E-state index in [0.29, 0.717) is 12.1 Å². The Morgan fingerprint density at radius 3 is 2.53 bits per heavy atom. The molecule has 0 amide bonds. The Kier molecular flexibility index (Phi) is 4.68. The van der Waals surface area contributed by atoms with Crippen LogP contribution in [0.2, 0.25) is 0 Å². The molecule has 0 heterocycles. The predicted molar refractivity (Wildman–Crippen MR) is 75.5 cm³/mol. The van der Waals surface area contributed by atoms with Gasteiger partial charge in [-0.25, -0.2) is 8.49 Å². The van der Waals surface area contributed by atoms with E-state index in [1.807, 2.05) is 42.5 Å². The fourth-order valence-electron chi connectivity index (χ4n) is 1.71. The summed E-state index contributed by atoms with van der Waals surface area (Å²) in [6.45, 7) is 0.292. The minimum Gasteiger partial charge on any atom is -0.508 e. The number of benzene rings is 2. The average molecular weight is 277 g/mol. The Morgan fingerprint density at radius 1 is 1.16 bits per heavy atom. The molecule has 0 saturated carbocycles. The highest BCUT2D eigenvalue weighted by Crippen LogP contribution is 2.26. The van der Waals surface area contributed by atoms with Crippen LogP contribution in [0.3, 0.4) is 0 Å². The maximum atomic E-state index is 10.7. The standard InChI is InChI=1S/C14H15NO3S/c1-19(17)18-15-10-13-8-7-12(9-14(13)16)11-5-3-2-4-6-11/h2-9,15-16H,10H2,1H3. The Labute approximate surface area is 114 Å². The van der Waals surface area contributed by atoms with Gasteiger partial charge in [-0.2, -0.15) is 5.48 Å². The van der Waals surface area contributed by atoms with Gasteiger partial charge in [0.15, 0.2) is 11.1 Å². The largest absolute Gasteiger partial charge is 0.508 e. The fourth-order valence-corrected chi connectivity index (χ4v) is 1.94. The molecule has 100 valence electrons. The molecule has 0 spiro atoms. The first kappa shape index (κ1) is 13.7. The zero-order valence-electron chi connectivity index (χ0n) is 10.5. The third-order valence-electron chi connectivity index (χ3n) is 2.63. The summed E-state index contributed by atoms with van der Waals surface area (Å²) < 4.78 is 15.4. The predicted octanol–water partition coefficient (Wildman–Crippen LogP) is 2.37. The van der Waals surface area contributed by atoms with Crippen molar-refractivity contribution in [1.82, 2.24) is 5.48 Å². The molecule has 0 aliphatic rings. The molecule has 2 N–H and O–H groups in total. The second kappa shape index (κ2) is 6.47. The molecule has 0 radical (unpaired) electrons. The molecule has 2 aromatic rings. The van der Waals surface area contributed by atoms with E-state index in [-0.39, 0.29) is 5.75 Å². The molecule has 19 heavy (non-hydrogen) atoms. The molecule has 0 fully saturated rings. The zero-order chi connectivity index (χ0) is 13.7. The number of hydrogen-bond acceptors (Lipinski definition) is 4. The summed E-state index contributed by atoms with van der Waals surface area (Å²) in [4.78, 5) is 0. The van der Waals surface area contributed by atoms with E-state index in [4.69, 9.17) is 4.28 Å². The number of hydroxylamine groups is 1. The molecular weight excluding hydrogens is 262 g/mol. The molecule has 5 heteroatoms. The van der Waals surface area contributed by atoms with Gasteiger partial charge in [-0.1, -0.05) is 42.5 Å². The van der Waals surface area contributed by atoms with E-state index in [9.17, 15) is 9.32 Å². The summed E-state index contributed by atoms with van der Waals surface area (Å²) >= 11 is -1.37. The number of hydrogen-bond donors (Lipinski definition) is 2. The van der Waals surface area contributed by atoms with E-state index in [1.165, 1.54) is 6.26 Å². The Bertz CT molecular complexity index is 572. The third kappa shape index (κ3) is 3.89. The average Bonchev–Trinajstić information content (AvgIpc) is 2.41. The number of nitrogens with one attached hydrogen (secondary N) is 1. The third-order valence-corrected chi connectivity index (χ3v) is 2.98. The van der Waals surface area contributed by atoms with Crippen LogP contribution in [0.25, 0.3) is 11.1 Å². The van der Waals surface area contributed by atoms with E-state index >= 15 is 0 Å². The van der Waals surface area contributed by atoms with Gasteiger partial charge < -0.3 is 5.11 Å². The van der Waals surface area contributed by atoms with Crippen LogP contribution in [-0.2, 0) is 21.9 Å². The van der Waals surface area contributed by atoms with Crippen molar-refractivity contribution in [2.24, 2.45) is 0 Å². The van der Waals surface area contributed by atoms with Crippen molar-refractivity contribution >= 4 is 11.1 Å². The van der Waals surface area contributed by atoms with Crippen LogP contribution in [0.5, 0.6) is 5.75 Å². The number of rotatable bonds is 5. The molecule has 2 rings (SSSR count). The summed E-state index contributed by atoms with van der Waals surface area (Å²) in [6, 6.07) is 15.3. The molecule has 1 atom stereocenters. The van der Waals surface area contributed by atoms with Crippen molar-refractivity contribution in [3.05, 3.63) is 54.1 Å². The van der Waals surface area contributed by atoms with Crippen molar-refractivity contribution in [1.29, 1.82) is 0 Å². The summed E-state index contributed by atoms with van der Waals surface area (Å²) in [6.07, 6.45) is 1.42. The van der Waals surface area contributed by atoms with Crippen LogP contribution >= 0.6 is 0 Å². The molecule has 0 bridgehead atoms. The van der Waals surface area contributed by atoms with Gasteiger partial charge in [0.1, 0.15) is 5.75 Å².